The van der Waals surface area contributed by atoms with Gasteiger partial charge in [0.25, 0.3) is 0 Å². The van der Waals surface area contributed by atoms with Crippen molar-refractivity contribution in [1.29, 1.82) is 0 Å². The molecule has 3 heteroatoms. The lowest BCUT2D eigenvalue weighted by Crippen LogP contribution is -2.21. The Bertz CT molecular complexity index is 570. The topological polar surface area (TPSA) is 42.1 Å². The summed E-state index contributed by atoms with van der Waals surface area (Å²) in [4.78, 5) is 6.69. The van der Waals surface area contributed by atoms with Crippen LogP contribution in [0.15, 0.2) is 36.5 Å². The molecule has 1 aromatic heterocycles. The molecule has 1 heterocycles. The number of aromatic nitrogens is 1. The fraction of sp³-hybridized carbons (Fsp3) is 0.389. The Balaban J connectivity index is 2.17. The number of aryl methyl sites for hydroxylation is 2. The number of benzene rings is 1. The van der Waals surface area contributed by atoms with Crippen molar-refractivity contribution in [2.45, 2.75) is 39.7 Å². The molecule has 0 fully saturated rings. The van der Waals surface area contributed by atoms with Gasteiger partial charge in [-0.3, -0.25) is 0 Å². The van der Waals surface area contributed by atoms with E-state index in [1.807, 2.05) is 13.2 Å². The monoisotopic (exact) mass is 283 g/mol. The normalized spacial score (nSPS) is 12.2. The molecule has 1 aromatic carbocycles. The van der Waals surface area contributed by atoms with E-state index in [-0.39, 0.29) is 6.04 Å². The highest BCUT2D eigenvalue weighted by atomic mass is 15.2. The molecule has 0 radical (unpaired) electrons. The number of nitrogens with two attached hydrogens (primary N) is 1. The highest BCUT2D eigenvalue weighted by Crippen LogP contribution is 2.24. The first-order valence-electron chi connectivity index (χ1n) is 7.52. The van der Waals surface area contributed by atoms with Crippen LogP contribution in [0.2, 0.25) is 0 Å². The molecule has 0 aliphatic carbocycles. The number of hydrogen-bond donors (Lipinski definition) is 1. The van der Waals surface area contributed by atoms with Crippen molar-refractivity contribution in [1.82, 2.24) is 4.98 Å². The molecule has 0 aliphatic heterocycles. The first kappa shape index (κ1) is 15.5. The third-order valence-electron chi connectivity index (χ3n) is 3.77. The van der Waals surface area contributed by atoms with Crippen LogP contribution >= 0.6 is 0 Å². The molecule has 0 spiro atoms. The Hall–Kier alpha value is -1.87. The van der Waals surface area contributed by atoms with Gasteiger partial charge in [0.15, 0.2) is 0 Å². The van der Waals surface area contributed by atoms with Crippen LogP contribution in [0, 0.1) is 13.8 Å². The maximum atomic E-state index is 5.99. The molecule has 0 saturated carbocycles. The quantitative estimate of drug-likeness (QED) is 0.908. The third-order valence-corrected chi connectivity index (χ3v) is 3.77. The Morgan fingerprint density at radius 3 is 2.33 bits per heavy atom. The largest absolute Gasteiger partial charge is 0.329 e. The second kappa shape index (κ2) is 6.72. The first-order valence-corrected chi connectivity index (χ1v) is 7.52. The van der Waals surface area contributed by atoms with Gasteiger partial charge in [-0.25, -0.2) is 4.98 Å². The van der Waals surface area contributed by atoms with Gasteiger partial charge in [-0.15, -0.1) is 0 Å². The van der Waals surface area contributed by atoms with Crippen LogP contribution in [0.1, 0.15) is 30.0 Å². The summed E-state index contributed by atoms with van der Waals surface area (Å²) < 4.78 is 0. The van der Waals surface area contributed by atoms with Crippen LogP contribution < -0.4 is 10.6 Å². The second-order valence-corrected chi connectivity index (χ2v) is 5.80. The van der Waals surface area contributed by atoms with Crippen molar-refractivity contribution in [3.05, 3.63) is 53.2 Å². The van der Waals surface area contributed by atoms with Gasteiger partial charge < -0.3 is 10.6 Å². The van der Waals surface area contributed by atoms with Gasteiger partial charge in [-0.2, -0.15) is 0 Å². The van der Waals surface area contributed by atoms with Gasteiger partial charge in [0, 0.05) is 25.0 Å². The summed E-state index contributed by atoms with van der Waals surface area (Å²) in [6.07, 6.45) is 3.81. The molecule has 2 N–H and O–H groups in total. The maximum Gasteiger partial charge on any atom is 0.132 e. The summed E-state index contributed by atoms with van der Waals surface area (Å²) in [6, 6.07) is 10.9. The number of nitrogens with zero attached hydrogens (tertiary/aromatic N) is 2. The average Bonchev–Trinajstić information content (AvgIpc) is 2.46. The first-order chi connectivity index (χ1) is 9.99. The summed E-state index contributed by atoms with van der Waals surface area (Å²) in [5.74, 6) is 0.953. The highest BCUT2D eigenvalue weighted by Gasteiger charge is 2.07. The maximum absolute atomic E-state index is 5.99. The van der Waals surface area contributed by atoms with E-state index < -0.39 is 0 Å². The van der Waals surface area contributed by atoms with Crippen molar-refractivity contribution in [2.24, 2.45) is 5.73 Å². The van der Waals surface area contributed by atoms with E-state index in [2.05, 4.69) is 61.0 Å². The lowest BCUT2D eigenvalue weighted by Gasteiger charge is -2.20. The molecule has 0 bridgehead atoms. The minimum atomic E-state index is 0.217. The minimum absolute atomic E-state index is 0.217. The highest BCUT2D eigenvalue weighted by molar-refractivity contribution is 5.61. The number of rotatable bonds is 5. The summed E-state index contributed by atoms with van der Waals surface area (Å²) in [6.45, 7) is 6.35. The Labute approximate surface area is 127 Å². The lowest BCUT2D eigenvalue weighted by atomic mass is 10.1. The predicted octanol–water partition coefficient (Wildman–Crippen LogP) is 3.75. The van der Waals surface area contributed by atoms with Gasteiger partial charge in [0.1, 0.15) is 5.82 Å². The molecule has 2 aromatic rings. The fourth-order valence-corrected chi connectivity index (χ4v) is 2.46. The molecule has 1 atom stereocenters. The standard InChI is InChI=1S/C18H25N3/c1-5-16(19)11-15-6-7-18(20-12-15)21(4)17-9-13(2)8-14(3)10-17/h6-10,12,16H,5,11,19H2,1-4H3. The van der Waals surface area contributed by atoms with E-state index in [4.69, 9.17) is 5.73 Å². The van der Waals surface area contributed by atoms with Crippen LogP contribution in [-0.4, -0.2) is 18.1 Å². The van der Waals surface area contributed by atoms with Gasteiger partial charge in [0.05, 0.1) is 0 Å². The summed E-state index contributed by atoms with van der Waals surface area (Å²) in [7, 11) is 2.05. The lowest BCUT2D eigenvalue weighted by molar-refractivity contribution is 0.645. The van der Waals surface area contributed by atoms with Crippen molar-refractivity contribution >= 4 is 11.5 Å². The smallest absolute Gasteiger partial charge is 0.132 e. The SMILES string of the molecule is CCC(N)Cc1ccc(N(C)c2cc(C)cc(C)c2)nc1. The van der Waals surface area contributed by atoms with Gasteiger partial charge in [0.2, 0.25) is 0 Å². The molecular weight excluding hydrogens is 258 g/mol. The van der Waals surface area contributed by atoms with Crippen molar-refractivity contribution in [3.63, 3.8) is 0 Å². The molecule has 1 unspecified atom stereocenters. The van der Waals surface area contributed by atoms with E-state index >= 15 is 0 Å². The van der Waals surface area contributed by atoms with Crippen LogP contribution in [0.25, 0.3) is 0 Å². The Morgan fingerprint density at radius 2 is 1.81 bits per heavy atom. The molecule has 2 rings (SSSR count). The third kappa shape index (κ3) is 4.05. The molecule has 21 heavy (non-hydrogen) atoms. The minimum Gasteiger partial charge on any atom is -0.329 e. The molecule has 3 nitrogen and oxygen atoms in total. The van der Waals surface area contributed by atoms with E-state index in [9.17, 15) is 0 Å². The van der Waals surface area contributed by atoms with Gasteiger partial charge in [-0.1, -0.05) is 19.1 Å². The number of anilines is 2. The second-order valence-electron chi connectivity index (χ2n) is 5.80. The van der Waals surface area contributed by atoms with Crippen molar-refractivity contribution < 1.29 is 0 Å². The zero-order valence-corrected chi connectivity index (χ0v) is 13.4. The molecule has 0 saturated heterocycles. The van der Waals surface area contributed by atoms with Gasteiger partial charge in [-0.05, 0) is 61.6 Å². The van der Waals surface area contributed by atoms with E-state index in [1.165, 1.54) is 16.7 Å². The molecule has 0 amide bonds. The van der Waals surface area contributed by atoms with E-state index in [1.54, 1.807) is 0 Å². The summed E-state index contributed by atoms with van der Waals surface area (Å²) >= 11 is 0. The molecule has 0 aliphatic rings. The zero-order valence-electron chi connectivity index (χ0n) is 13.4. The van der Waals surface area contributed by atoms with E-state index in [0.29, 0.717) is 0 Å². The Kier molecular flexibility index (Phi) is 4.97. The van der Waals surface area contributed by atoms with Crippen LogP contribution in [0.4, 0.5) is 11.5 Å². The number of hydrogen-bond acceptors (Lipinski definition) is 3. The average molecular weight is 283 g/mol. The van der Waals surface area contributed by atoms with Gasteiger partial charge >= 0.3 is 0 Å². The van der Waals surface area contributed by atoms with Crippen LogP contribution in [0.3, 0.4) is 0 Å². The van der Waals surface area contributed by atoms with Crippen molar-refractivity contribution in [3.8, 4) is 0 Å². The Morgan fingerprint density at radius 1 is 1.14 bits per heavy atom. The fourth-order valence-electron chi connectivity index (χ4n) is 2.46. The van der Waals surface area contributed by atoms with Crippen LogP contribution in [0.5, 0.6) is 0 Å². The molecular formula is C18H25N3. The summed E-state index contributed by atoms with van der Waals surface area (Å²) in [5, 5.41) is 0. The van der Waals surface area contributed by atoms with Crippen molar-refractivity contribution in [2.75, 3.05) is 11.9 Å². The number of pyridine rings is 1. The summed E-state index contributed by atoms with van der Waals surface area (Å²) in [5.41, 5.74) is 10.9. The van der Waals surface area contributed by atoms with E-state index in [0.717, 1.165) is 24.3 Å². The van der Waals surface area contributed by atoms with Crippen LogP contribution in [-0.2, 0) is 6.42 Å². The molecule has 112 valence electrons. The zero-order chi connectivity index (χ0) is 15.4. The predicted molar refractivity (Wildman–Crippen MR) is 90.2 cm³/mol.